The minimum Gasteiger partial charge on any atom is -0.398 e. The van der Waals surface area contributed by atoms with Crippen LogP contribution in [0.25, 0.3) is 0 Å². The zero-order valence-corrected chi connectivity index (χ0v) is 13.3. The number of rotatable bonds is 7. The van der Waals surface area contributed by atoms with Crippen LogP contribution in [-0.2, 0) is 11.3 Å². The molecule has 1 amide bonds. The van der Waals surface area contributed by atoms with Crippen LogP contribution in [0.2, 0.25) is 0 Å². The van der Waals surface area contributed by atoms with E-state index in [0.29, 0.717) is 18.5 Å². The summed E-state index contributed by atoms with van der Waals surface area (Å²) in [6, 6.07) is 8.64. The summed E-state index contributed by atoms with van der Waals surface area (Å²) in [5.74, 6) is 0.561. The van der Waals surface area contributed by atoms with E-state index in [0.717, 1.165) is 17.8 Å². The molecule has 3 N–H and O–H groups in total. The molecule has 116 valence electrons. The lowest BCUT2D eigenvalue weighted by molar-refractivity contribution is -0.123. The smallest absolute Gasteiger partial charge is 0.234 e. The van der Waals surface area contributed by atoms with Gasteiger partial charge < -0.3 is 11.1 Å². The molecule has 4 heteroatoms. The fourth-order valence-electron chi connectivity index (χ4n) is 2.30. The molecule has 1 aromatic rings. The van der Waals surface area contributed by atoms with Crippen LogP contribution < -0.4 is 11.1 Å². The number of benzene rings is 1. The van der Waals surface area contributed by atoms with Gasteiger partial charge in [0.15, 0.2) is 0 Å². The van der Waals surface area contributed by atoms with Gasteiger partial charge in [-0.3, -0.25) is 9.69 Å². The number of amides is 1. The van der Waals surface area contributed by atoms with Crippen LogP contribution in [0.1, 0.15) is 39.2 Å². The van der Waals surface area contributed by atoms with Gasteiger partial charge in [0.1, 0.15) is 0 Å². The van der Waals surface area contributed by atoms with E-state index in [1.54, 1.807) is 0 Å². The number of anilines is 1. The SMILES string of the molecule is CC(C)C(C)NC(=O)CN(Cc1ccccc1N)C1CC1. The highest BCUT2D eigenvalue weighted by molar-refractivity contribution is 5.78. The van der Waals surface area contributed by atoms with Gasteiger partial charge in [0.2, 0.25) is 5.91 Å². The van der Waals surface area contributed by atoms with Crippen LogP contribution in [0.15, 0.2) is 24.3 Å². The van der Waals surface area contributed by atoms with E-state index in [1.807, 2.05) is 24.3 Å². The molecular weight excluding hydrogens is 262 g/mol. The van der Waals surface area contributed by atoms with Gasteiger partial charge in [0, 0.05) is 24.3 Å². The molecule has 0 aromatic heterocycles. The first-order valence-electron chi connectivity index (χ1n) is 7.84. The van der Waals surface area contributed by atoms with Crippen molar-refractivity contribution in [3.05, 3.63) is 29.8 Å². The highest BCUT2D eigenvalue weighted by atomic mass is 16.2. The third-order valence-electron chi connectivity index (χ3n) is 4.23. The number of carbonyl (C=O) groups is 1. The molecule has 0 aliphatic heterocycles. The van der Waals surface area contributed by atoms with E-state index in [2.05, 4.69) is 31.0 Å². The van der Waals surface area contributed by atoms with Crippen molar-refractivity contribution in [1.29, 1.82) is 0 Å². The number of hydrogen-bond donors (Lipinski definition) is 2. The molecule has 4 nitrogen and oxygen atoms in total. The summed E-state index contributed by atoms with van der Waals surface area (Å²) in [7, 11) is 0. The largest absolute Gasteiger partial charge is 0.398 e. The summed E-state index contributed by atoms with van der Waals surface area (Å²) in [6.45, 7) is 7.50. The molecular formula is C17H27N3O. The molecule has 0 spiro atoms. The third kappa shape index (κ3) is 4.74. The minimum absolute atomic E-state index is 0.109. The lowest BCUT2D eigenvalue weighted by atomic mass is 10.1. The molecule has 0 saturated heterocycles. The maximum absolute atomic E-state index is 12.2. The molecule has 0 radical (unpaired) electrons. The number of nitrogen functional groups attached to an aromatic ring is 1. The average molecular weight is 289 g/mol. The Balaban J connectivity index is 1.94. The Bertz CT molecular complexity index is 483. The lowest BCUT2D eigenvalue weighted by Crippen LogP contribution is -2.43. The van der Waals surface area contributed by atoms with Crippen LogP contribution in [0, 0.1) is 5.92 Å². The summed E-state index contributed by atoms with van der Waals surface area (Å²) < 4.78 is 0. The topological polar surface area (TPSA) is 58.4 Å². The number of para-hydroxylation sites is 1. The van der Waals surface area contributed by atoms with Crippen molar-refractivity contribution in [2.24, 2.45) is 5.92 Å². The fourth-order valence-corrected chi connectivity index (χ4v) is 2.30. The van der Waals surface area contributed by atoms with E-state index < -0.39 is 0 Å². The van der Waals surface area contributed by atoms with Crippen molar-refractivity contribution in [2.45, 2.75) is 52.2 Å². The molecule has 1 fully saturated rings. The van der Waals surface area contributed by atoms with Gasteiger partial charge in [0.05, 0.1) is 6.54 Å². The van der Waals surface area contributed by atoms with Crippen molar-refractivity contribution in [2.75, 3.05) is 12.3 Å². The highest BCUT2D eigenvalue weighted by Gasteiger charge is 2.30. The minimum atomic E-state index is 0.109. The Hall–Kier alpha value is -1.55. The second-order valence-electron chi connectivity index (χ2n) is 6.44. The first-order chi connectivity index (χ1) is 9.97. The second kappa shape index (κ2) is 6.94. The van der Waals surface area contributed by atoms with Gasteiger partial charge in [0.25, 0.3) is 0 Å². The molecule has 1 unspecified atom stereocenters. The standard InChI is InChI=1S/C17H27N3O/c1-12(2)13(3)19-17(21)11-20(15-8-9-15)10-14-6-4-5-7-16(14)18/h4-7,12-13,15H,8-11,18H2,1-3H3,(H,19,21). The van der Waals surface area contributed by atoms with Crippen molar-refractivity contribution in [3.8, 4) is 0 Å². The maximum Gasteiger partial charge on any atom is 0.234 e. The summed E-state index contributed by atoms with van der Waals surface area (Å²) >= 11 is 0. The van der Waals surface area contributed by atoms with Crippen LogP contribution in [0.3, 0.4) is 0 Å². The van der Waals surface area contributed by atoms with Crippen LogP contribution in [0.4, 0.5) is 5.69 Å². The molecule has 0 bridgehead atoms. The monoisotopic (exact) mass is 289 g/mol. The zero-order chi connectivity index (χ0) is 15.4. The van der Waals surface area contributed by atoms with Gasteiger partial charge in [-0.15, -0.1) is 0 Å². The fraction of sp³-hybridized carbons (Fsp3) is 0.588. The second-order valence-corrected chi connectivity index (χ2v) is 6.44. The molecule has 1 aliphatic rings. The quantitative estimate of drug-likeness (QED) is 0.758. The molecule has 21 heavy (non-hydrogen) atoms. The molecule has 1 aromatic carbocycles. The van der Waals surface area contributed by atoms with Gasteiger partial charge in [-0.1, -0.05) is 32.0 Å². The van der Waals surface area contributed by atoms with Crippen molar-refractivity contribution < 1.29 is 4.79 Å². The molecule has 1 aliphatic carbocycles. The van der Waals surface area contributed by atoms with E-state index in [1.165, 1.54) is 12.8 Å². The highest BCUT2D eigenvalue weighted by Crippen LogP contribution is 2.29. The third-order valence-corrected chi connectivity index (χ3v) is 4.23. The first kappa shape index (κ1) is 15.8. The Morgan fingerprint density at radius 2 is 2.00 bits per heavy atom. The van der Waals surface area contributed by atoms with Crippen molar-refractivity contribution in [3.63, 3.8) is 0 Å². The van der Waals surface area contributed by atoms with Gasteiger partial charge in [-0.05, 0) is 37.3 Å². The normalized spacial score (nSPS) is 16.2. The average Bonchev–Trinajstić information content (AvgIpc) is 3.24. The molecule has 2 rings (SSSR count). The van der Waals surface area contributed by atoms with E-state index in [-0.39, 0.29) is 11.9 Å². The van der Waals surface area contributed by atoms with Crippen LogP contribution in [0.5, 0.6) is 0 Å². The zero-order valence-electron chi connectivity index (χ0n) is 13.3. The van der Waals surface area contributed by atoms with Crippen molar-refractivity contribution >= 4 is 11.6 Å². The number of nitrogens with one attached hydrogen (secondary N) is 1. The molecule has 1 saturated carbocycles. The van der Waals surface area contributed by atoms with E-state index in [9.17, 15) is 4.79 Å². The summed E-state index contributed by atoms with van der Waals surface area (Å²) in [4.78, 5) is 14.4. The maximum atomic E-state index is 12.2. The Labute approximate surface area is 127 Å². The van der Waals surface area contributed by atoms with E-state index >= 15 is 0 Å². The summed E-state index contributed by atoms with van der Waals surface area (Å²) in [6.07, 6.45) is 2.36. The van der Waals surface area contributed by atoms with Gasteiger partial charge in [-0.25, -0.2) is 0 Å². The Morgan fingerprint density at radius 3 is 2.57 bits per heavy atom. The number of hydrogen-bond acceptors (Lipinski definition) is 3. The van der Waals surface area contributed by atoms with Gasteiger partial charge >= 0.3 is 0 Å². The van der Waals surface area contributed by atoms with Crippen molar-refractivity contribution in [1.82, 2.24) is 10.2 Å². The van der Waals surface area contributed by atoms with E-state index in [4.69, 9.17) is 5.73 Å². The molecule has 0 heterocycles. The predicted octanol–water partition coefficient (Wildman–Crippen LogP) is 2.39. The Morgan fingerprint density at radius 1 is 1.33 bits per heavy atom. The first-order valence-corrected chi connectivity index (χ1v) is 7.84. The number of nitrogens with two attached hydrogens (primary N) is 1. The van der Waals surface area contributed by atoms with Crippen LogP contribution >= 0.6 is 0 Å². The summed E-state index contributed by atoms with van der Waals surface area (Å²) in [5.41, 5.74) is 7.92. The van der Waals surface area contributed by atoms with Crippen LogP contribution in [-0.4, -0.2) is 29.4 Å². The lowest BCUT2D eigenvalue weighted by Gasteiger charge is -2.24. The number of carbonyl (C=O) groups excluding carboxylic acids is 1. The van der Waals surface area contributed by atoms with Gasteiger partial charge in [-0.2, -0.15) is 0 Å². The predicted molar refractivity (Wildman–Crippen MR) is 86.7 cm³/mol. The summed E-state index contributed by atoms with van der Waals surface area (Å²) in [5, 5.41) is 3.08. The number of nitrogens with zero attached hydrogens (tertiary/aromatic N) is 1. The Kier molecular flexibility index (Phi) is 5.23. The molecule has 1 atom stereocenters.